The van der Waals surface area contributed by atoms with Crippen LogP contribution in [0, 0.1) is 11.3 Å². The lowest BCUT2D eigenvalue weighted by Gasteiger charge is -2.37. The molecule has 1 saturated carbocycles. The molecule has 2 aromatic rings. The van der Waals surface area contributed by atoms with E-state index in [2.05, 4.69) is 16.7 Å². The van der Waals surface area contributed by atoms with Crippen LogP contribution in [0.15, 0.2) is 47.4 Å². The van der Waals surface area contributed by atoms with Gasteiger partial charge in [-0.3, -0.25) is 9.59 Å². The van der Waals surface area contributed by atoms with Crippen molar-refractivity contribution in [3.05, 3.63) is 58.5 Å². The summed E-state index contributed by atoms with van der Waals surface area (Å²) in [5.74, 6) is -0.357. The maximum Gasteiger partial charge on any atom is 0.408 e. The zero-order valence-electron chi connectivity index (χ0n) is 22.7. The average molecular weight is 523 g/mol. The molecule has 0 spiro atoms. The number of hydrogen-bond donors (Lipinski definition) is 2. The third kappa shape index (κ3) is 7.93. The fourth-order valence-electron chi connectivity index (χ4n) is 4.62. The van der Waals surface area contributed by atoms with Crippen molar-refractivity contribution in [3.8, 4) is 17.2 Å². The molecule has 1 fully saturated rings. The van der Waals surface area contributed by atoms with Crippen LogP contribution in [0.5, 0.6) is 0 Å². The molecule has 9 heteroatoms. The first-order valence-electron chi connectivity index (χ1n) is 13.1. The number of pyridine rings is 1. The lowest BCUT2D eigenvalue weighted by atomic mass is 9.80. The van der Waals surface area contributed by atoms with Crippen LogP contribution in [-0.4, -0.2) is 47.5 Å². The second-order valence-electron chi connectivity index (χ2n) is 10.8. The Labute approximate surface area is 224 Å². The zero-order valence-corrected chi connectivity index (χ0v) is 22.7. The van der Waals surface area contributed by atoms with E-state index in [4.69, 9.17) is 9.47 Å². The molecule has 3 rings (SSSR count). The second kappa shape index (κ2) is 12.7. The first-order valence-corrected chi connectivity index (χ1v) is 13.1. The first kappa shape index (κ1) is 28.9. The molecular weight excluding hydrogens is 484 g/mol. The van der Waals surface area contributed by atoms with Gasteiger partial charge in [0.05, 0.1) is 12.7 Å². The number of hydrogen-bond acceptors (Lipinski definition) is 6. The van der Waals surface area contributed by atoms with E-state index in [1.165, 1.54) is 6.07 Å². The van der Waals surface area contributed by atoms with E-state index >= 15 is 0 Å². The van der Waals surface area contributed by atoms with Gasteiger partial charge in [0.15, 0.2) is 0 Å². The second-order valence-corrected chi connectivity index (χ2v) is 10.8. The molecule has 0 unspecified atom stereocenters. The number of rotatable bonds is 9. The van der Waals surface area contributed by atoms with Crippen LogP contribution >= 0.6 is 0 Å². The van der Waals surface area contributed by atoms with Crippen LogP contribution in [0.4, 0.5) is 4.79 Å². The minimum atomic E-state index is -1.09. The van der Waals surface area contributed by atoms with E-state index in [1.807, 2.05) is 24.3 Å². The van der Waals surface area contributed by atoms with Gasteiger partial charge in [-0.25, -0.2) is 4.79 Å². The van der Waals surface area contributed by atoms with E-state index in [0.29, 0.717) is 32.4 Å². The highest BCUT2D eigenvalue weighted by molar-refractivity contribution is 5.90. The van der Waals surface area contributed by atoms with Crippen molar-refractivity contribution >= 4 is 12.0 Å². The highest BCUT2D eigenvalue weighted by atomic mass is 16.6. The number of carbonyl (C=O) groups excluding carboxylic acids is 2. The number of nitrogens with one attached hydrogen (secondary N) is 2. The predicted octanol–water partition coefficient (Wildman–Crippen LogP) is 3.94. The summed E-state index contributed by atoms with van der Waals surface area (Å²) in [6, 6.07) is 12.4. The molecule has 1 aromatic carbocycles. The summed E-state index contributed by atoms with van der Waals surface area (Å²) in [6.45, 7) is 6.23. The summed E-state index contributed by atoms with van der Waals surface area (Å²) in [5.41, 5.74) is 0.841. The van der Waals surface area contributed by atoms with Gasteiger partial charge >= 0.3 is 6.09 Å². The molecule has 0 bridgehead atoms. The molecule has 1 aliphatic carbocycles. The fourth-order valence-corrected chi connectivity index (χ4v) is 4.62. The van der Waals surface area contributed by atoms with Gasteiger partial charge in [0.2, 0.25) is 5.91 Å². The van der Waals surface area contributed by atoms with Gasteiger partial charge in [-0.2, -0.15) is 5.26 Å². The minimum absolute atomic E-state index is 0.0908. The van der Waals surface area contributed by atoms with Crippen molar-refractivity contribution in [2.24, 2.45) is 0 Å². The number of nitrogens with zero attached hydrogens (tertiary/aromatic N) is 2. The summed E-state index contributed by atoms with van der Waals surface area (Å²) in [5, 5.41) is 15.5. The first-order chi connectivity index (χ1) is 18.0. The zero-order chi connectivity index (χ0) is 27.8. The number of ether oxygens (including phenoxy) is 2. The normalized spacial score (nSPS) is 15.7. The quantitative estimate of drug-likeness (QED) is 0.514. The van der Waals surface area contributed by atoms with Crippen LogP contribution in [0.2, 0.25) is 0 Å². The van der Waals surface area contributed by atoms with E-state index in [1.54, 1.807) is 44.7 Å². The third-order valence-electron chi connectivity index (χ3n) is 6.59. The Morgan fingerprint density at radius 2 is 1.74 bits per heavy atom. The van der Waals surface area contributed by atoms with Crippen molar-refractivity contribution in [1.82, 2.24) is 15.2 Å². The summed E-state index contributed by atoms with van der Waals surface area (Å²) in [6.07, 6.45) is 5.08. The van der Waals surface area contributed by atoms with E-state index < -0.39 is 23.3 Å². The van der Waals surface area contributed by atoms with Gasteiger partial charge < -0.3 is 24.7 Å². The minimum Gasteiger partial charge on any atom is -0.444 e. The summed E-state index contributed by atoms with van der Waals surface area (Å²) < 4.78 is 12.1. The number of aromatic nitrogens is 1. The maximum atomic E-state index is 13.4. The van der Waals surface area contributed by atoms with Crippen LogP contribution in [0.25, 0.3) is 11.1 Å². The van der Waals surface area contributed by atoms with Crippen molar-refractivity contribution in [3.63, 3.8) is 0 Å². The Morgan fingerprint density at radius 1 is 1.08 bits per heavy atom. The lowest BCUT2D eigenvalue weighted by molar-refractivity contribution is -0.129. The largest absolute Gasteiger partial charge is 0.444 e. The van der Waals surface area contributed by atoms with Crippen LogP contribution in [0.1, 0.15) is 58.4 Å². The fraction of sp³-hybridized carbons (Fsp3) is 0.517. The Morgan fingerprint density at radius 3 is 2.34 bits per heavy atom. The SMILES string of the molecule is COCCn1cc(-c2ccc(C[C@@H](C#N)NC(=O)C3(NC(=O)OC(C)(C)C)CCCCC3)cc2)ccc1=O. The van der Waals surface area contributed by atoms with Gasteiger partial charge in [-0.05, 0) is 56.4 Å². The van der Waals surface area contributed by atoms with E-state index in [9.17, 15) is 19.6 Å². The van der Waals surface area contributed by atoms with Gasteiger partial charge in [-0.1, -0.05) is 43.5 Å². The molecule has 204 valence electrons. The molecule has 9 nitrogen and oxygen atoms in total. The Balaban J connectivity index is 1.69. The third-order valence-corrected chi connectivity index (χ3v) is 6.59. The highest BCUT2D eigenvalue weighted by Gasteiger charge is 2.42. The van der Waals surface area contributed by atoms with Crippen LogP contribution < -0.4 is 16.2 Å². The van der Waals surface area contributed by atoms with Gasteiger partial charge in [0.25, 0.3) is 5.56 Å². The van der Waals surface area contributed by atoms with Crippen molar-refractivity contribution in [2.75, 3.05) is 13.7 Å². The smallest absolute Gasteiger partial charge is 0.408 e. The molecule has 0 aliphatic heterocycles. The molecule has 38 heavy (non-hydrogen) atoms. The number of methoxy groups -OCH3 is 1. The molecule has 1 aromatic heterocycles. The Hall–Kier alpha value is -3.64. The number of carbonyl (C=O) groups is 2. The number of nitriles is 1. The maximum absolute atomic E-state index is 13.4. The summed E-state index contributed by atoms with van der Waals surface area (Å²) in [7, 11) is 1.59. The summed E-state index contributed by atoms with van der Waals surface area (Å²) in [4.78, 5) is 38.0. The Kier molecular flexibility index (Phi) is 9.70. The van der Waals surface area contributed by atoms with Crippen molar-refractivity contribution in [2.45, 2.75) is 83.0 Å². The van der Waals surface area contributed by atoms with Crippen molar-refractivity contribution < 1.29 is 19.1 Å². The standard InChI is InChI=1S/C29H38N4O5/c1-28(2,3)38-27(36)32-29(14-6-5-7-15-29)26(35)31-24(19-30)18-21-8-10-22(11-9-21)23-12-13-25(34)33(20-23)16-17-37-4/h8-13,20,24H,5-7,14-18H2,1-4H3,(H,31,35)(H,32,36)/t24-/m0/s1. The molecule has 1 atom stereocenters. The summed E-state index contributed by atoms with van der Waals surface area (Å²) >= 11 is 0. The van der Waals surface area contributed by atoms with Gasteiger partial charge in [0.1, 0.15) is 17.2 Å². The molecular formula is C29H38N4O5. The monoisotopic (exact) mass is 522 g/mol. The molecule has 2 N–H and O–H groups in total. The predicted molar refractivity (Wildman–Crippen MR) is 144 cm³/mol. The van der Waals surface area contributed by atoms with Crippen LogP contribution in [-0.2, 0) is 27.2 Å². The highest BCUT2D eigenvalue weighted by Crippen LogP contribution is 2.29. The number of alkyl carbamates (subject to hydrolysis) is 1. The molecule has 0 radical (unpaired) electrons. The topological polar surface area (TPSA) is 122 Å². The number of benzene rings is 1. The molecule has 1 heterocycles. The van der Waals surface area contributed by atoms with Gasteiger partial charge in [0, 0.05) is 32.3 Å². The molecule has 2 amide bonds. The molecule has 0 saturated heterocycles. The lowest BCUT2D eigenvalue weighted by Crippen LogP contribution is -2.61. The van der Waals surface area contributed by atoms with E-state index in [0.717, 1.165) is 36.0 Å². The Bertz CT molecular complexity index is 1200. The van der Waals surface area contributed by atoms with Crippen LogP contribution in [0.3, 0.4) is 0 Å². The average Bonchev–Trinajstić information content (AvgIpc) is 2.87. The van der Waals surface area contributed by atoms with Gasteiger partial charge in [-0.15, -0.1) is 0 Å². The van der Waals surface area contributed by atoms with E-state index in [-0.39, 0.29) is 11.5 Å². The molecule has 1 aliphatic rings. The van der Waals surface area contributed by atoms with Crippen molar-refractivity contribution in [1.29, 1.82) is 5.26 Å². The number of amides is 2.